The van der Waals surface area contributed by atoms with Gasteiger partial charge in [-0.3, -0.25) is 9.59 Å². The average Bonchev–Trinajstić information content (AvgIpc) is 2.71. The molecule has 0 aliphatic carbocycles. The van der Waals surface area contributed by atoms with E-state index in [-0.39, 0.29) is 11.8 Å². The van der Waals surface area contributed by atoms with E-state index in [0.717, 1.165) is 11.3 Å². The number of nitrogens with zero attached hydrogens (tertiary/aromatic N) is 1. The Balaban J connectivity index is 2.06. The van der Waals surface area contributed by atoms with Gasteiger partial charge in [0.15, 0.2) is 0 Å². The Morgan fingerprint density at radius 3 is 2.34 bits per heavy atom. The van der Waals surface area contributed by atoms with E-state index in [1.165, 1.54) is 5.56 Å². The molecule has 0 aliphatic heterocycles. The quantitative estimate of drug-likeness (QED) is 0.588. The zero-order chi connectivity index (χ0) is 21.2. The summed E-state index contributed by atoms with van der Waals surface area (Å²) in [6.45, 7) is 6.74. The summed E-state index contributed by atoms with van der Waals surface area (Å²) in [7, 11) is 0. The summed E-state index contributed by atoms with van der Waals surface area (Å²) in [6, 6.07) is 16.9. The van der Waals surface area contributed by atoms with E-state index in [0.29, 0.717) is 29.8 Å². The fourth-order valence-electron chi connectivity index (χ4n) is 2.76. The molecule has 2 rings (SSSR count). The molecule has 156 valence electrons. The minimum Gasteiger partial charge on any atom is -0.354 e. The van der Waals surface area contributed by atoms with Crippen LogP contribution in [0.3, 0.4) is 0 Å². The second kappa shape index (κ2) is 11.9. The van der Waals surface area contributed by atoms with Gasteiger partial charge in [0.2, 0.25) is 11.8 Å². The fourth-order valence-corrected chi connectivity index (χ4v) is 3.82. The Kier molecular flexibility index (Phi) is 9.55. The first-order valence-electron chi connectivity index (χ1n) is 9.80. The van der Waals surface area contributed by atoms with Crippen molar-refractivity contribution in [1.82, 2.24) is 10.2 Å². The molecule has 0 aliphatic rings. The molecule has 0 saturated heterocycles. The molecule has 2 aromatic carbocycles. The minimum atomic E-state index is -0.574. The highest BCUT2D eigenvalue weighted by Gasteiger charge is 2.26. The first-order valence-corrected chi connectivity index (χ1v) is 11.3. The standard InChI is InChI=1S/C23H29ClN2O2S/c1-17(2)13-25-23(28)18(3)26(14-20-11-7-8-12-21(20)24)22(27)16-29-15-19-9-5-4-6-10-19/h4-12,17-18H,13-16H2,1-3H3,(H,25,28)/t18-/m0/s1. The van der Waals surface area contributed by atoms with Gasteiger partial charge in [-0.25, -0.2) is 0 Å². The predicted molar refractivity (Wildman–Crippen MR) is 122 cm³/mol. The molecule has 0 aromatic heterocycles. The third-order valence-corrected chi connectivity index (χ3v) is 5.84. The van der Waals surface area contributed by atoms with E-state index in [1.54, 1.807) is 29.7 Å². The van der Waals surface area contributed by atoms with Crippen molar-refractivity contribution in [3.8, 4) is 0 Å². The van der Waals surface area contributed by atoms with Crippen LogP contribution in [0.15, 0.2) is 54.6 Å². The van der Waals surface area contributed by atoms with Crippen molar-refractivity contribution in [2.45, 2.75) is 39.1 Å². The van der Waals surface area contributed by atoms with Crippen LogP contribution in [0.1, 0.15) is 31.9 Å². The van der Waals surface area contributed by atoms with Crippen LogP contribution >= 0.6 is 23.4 Å². The van der Waals surface area contributed by atoms with Gasteiger partial charge in [0.25, 0.3) is 0 Å². The fraction of sp³-hybridized carbons (Fsp3) is 0.391. The smallest absolute Gasteiger partial charge is 0.242 e. The Hall–Kier alpha value is -1.98. The second-order valence-corrected chi connectivity index (χ2v) is 8.80. The van der Waals surface area contributed by atoms with E-state index < -0.39 is 6.04 Å². The van der Waals surface area contributed by atoms with E-state index in [9.17, 15) is 9.59 Å². The van der Waals surface area contributed by atoms with Crippen molar-refractivity contribution in [3.05, 3.63) is 70.7 Å². The molecular weight excluding hydrogens is 404 g/mol. The van der Waals surface area contributed by atoms with Gasteiger partial charge in [-0.15, -0.1) is 11.8 Å². The molecule has 2 aromatic rings. The molecule has 1 atom stereocenters. The molecular formula is C23H29ClN2O2S. The summed E-state index contributed by atoms with van der Waals surface area (Å²) in [5.74, 6) is 1.19. The Labute approximate surface area is 183 Å². The third-order valence-electron chi connectivity index (χ3n) is 4.49. The number of benzene rings is 2. The van der Waals surface area contributed by atoms with Gasteiger partial charge >= 0.3 is 0 Å². The van der Waals surface area contributed by atoms with Gasteiger partial charge in [0.1, 0.15) is 6.04 Å². The number of halogens is 1. The largest absolute Gasteiger partial charge is 0.354 e. The normalized spacial score (nSPS) is 11.9. The number of hydrogen-bond acceptors (Lipinski definition) is 3. The molecule has 0 bridgehead atoms. The predicted octanol–water partition coefficient (Wildman–Crippen LogP) is 4.76. The number of carbonyl (C=O) groups is 2. The molecule has 29 heavy (non-hydrogen) atoms. The first kappa shape index (κ1) is 23.3. The lowest BCUT2D eigenvalue weighted by Gasteiger charge is -2.29. The van der Waals surface area contributed by atoms with Gasteiger partial charge in [0.05, 0.1) is 5.75 Å². The molecule has 2 amide bonds. The number of carbonyl (C=O) groups excluding carboxylic acids is 2. The van der Waals surface area contributed by atoms with Crippen molar-refractivity contribution < 1.29 is 9.59 Å². The third kappa shape index (κ3) is 7.75. The zero-order valence-corrected chi connectivity index (χ0v) is 18.8. The van der Waals surface area contributed by atoms with Gasteiger partial charge in [-0.05, 0) is 30.0 Å². The van der Waals surface area contributed by atoms with Crippen molar-refractivity contribution in [2.24, 2.45) is 5.92 Å². The summed E-state index contributed by atoms with van der Waals surface area (Å²) in [4.78, 5) is 27.3. The maximum Gasteiger partial charge on any atom is 0.242 e. The number of hydrogen-bond donors (Lipinski definition) is 1. The van der Waals surface area contributed by atoms with Crippen molar-refractivity contribution in [1.29, 1.82) is 0 Å². The monoisotopic (exact) mass is 432 g/mol. The highest BCUT2D eigenvalue weighted by molar-refractivity contribution is 7.99. The number of amides is 2. The van der Waals surface area contributed by atoms with Crippen LogP contribution in [0.4, 0.5) is 0 Å². The van der Waals surface area contributed by atoms with E-state index in [4.69, 9.17) is 11.6 Å². The molecule has 6 heteroatoms. The number of nitrogens with one attached hydrogen (secondary N) is 1. The first-order chi connectivity index (χ1) is 13.9. The van der Waals surface area contributed by atoms with Gasteiger partial charge in [-0.1, -0.05) is 74.0 Å². The summed E-state index contributed by atoms with van der Waals surface area (Å²) < 4.78 is 0. The van der Waals surface area contributed by atoms with E-state index in [1.807, 2.05) is 62.4 Å². The van der Waals surface area contributed by atoms with Crippen molar-refractivity contribution >= 4 is 35.2 Å². The highest BCUT2D eigenvalue weighted by Crippen LogP contribution is 2.20. The van der Waals surface area contributed by atoms with Crippen LogP contribution in [0.25, 0.3) is 0 Å². The molecule has 0 radical (unpaired) electrons. The molecule has 1 N–H and O–H groups in total. The SMILES string of the molecule is CC(C)CNC(=O)[C@H](C)N(Cc1ccccc1Cl)C(=O)CSCc1ccccc1. The topological polar surface area (TPSA) is 49.4 Å². The molecule has 0 unspecified atom stereocenters. The number of thioether (sulfide) groups is 1. The molecule has 0 fully saturated rings. The lowest BCUT2D eigenvalue weighted by Crippen LogP contribution is -2.48. The van der Waals surface area contributed by atoms with Crippen LogP contribution in [0.2, 0.25) is 5.02 Å². The Morgan fingerprint density at radius 1 is 1.03 bits per heavy atom. The molecule has 0 saturated carbocycles. The van der Waals surface area contributed by atoms with Crippen LogP contribution in [0, 0.1) is 5.92 Å². The summed E-state index contributed by atoms with van der Waals surface area (Å²) in [6.07, 6.45) is 0. The highest BCUT2D eigenvalue weighted by atomic mass is 35.5. The van der Waals surface area contributed by atoms with Crippen LogP contribution in [-0.2, 0) is 21.9 Å². The summed E-state index contributed by atoms with van der Waals surface area (Å²) in [5, 5.41) is 3.52. The molecule has 0 spiro atoms. The van der Waals surface area contributed by atoms with Crippen LogP contribution in [-0.4, -0.2) is 35.1 Å². The van der Waals surface area contributed by atoms with Gasteiger partial charge < -0.3 is 10.2 Å². The summed E-state index contributed by atoms with van der Waals surface area (Å²) >= 11 is 7.85. The van der Waals surface area contributed by atoms with E-state index >= 15 is 0 Å². The molecule has 0 heterocycles. The van der Waals surface area contributed by atoms with Gasteiger partial charge in [-0.2, -0.15) is 0 Å². The maximum atomic E-state index is 13.0. The second-order valence-electron chi connectivity index (χ2n) is 7.41. The zero-order valence-electron chi connectivity index (χ0n) is 17.2. The van der Waals surface area contributed by atoms with E-state index in [2.05, 4.69) is 5.32 Å². The van der Waals surface area contributed by atoms with Crippen molar-refractivity contribution in [3.63, 3.8) is 0 Å². The van der Waals surface area contributed by atoms with Crippen LogP contribution < -0.4 is 5.32 Å². The average molecular weight is 433 g/mol. The molecule has 4 nitrogen and oxygen atoms in total. The maximum absolute atomic E-state index is 13.0. The van der Waals surface area contributed by atoms with Gasteiger partial charge in [0, 0.05) is 23.9 Å². The lowest BCUT2D eigenvalue weighted by molar-refractivity contribution is -0.138. The number of rotatable bonds is 10. The lowest BCUT2D eigenvalue weighted by atomic mass is 10.1. The summed E-state index contributed by atoms with van der Waals surface area (Å²) in [5.41, 5.74) is 2.00. The van der Waals surface area contributed by atoms with Crippen molar-refractivity contribution in [2.75, 3.05) is 12.3 Å². The Morgan fingerprint density at radius 2 is 1.69 bits per heavy atom. The minimum absolute atomic E-state index is 0.0713. The van der Waals surface area contributed by atoms with Crippen LogP contribution in [0.5, 0.6) is 0 Å². The Bertz CT molecular complexity index is 798.